The van der Waals surface area contributed by atoms with Gasteiger partial charge in [-0.05, 0) is 80.1 Å². The molecule has 33 heavy (non-hydrogen) atoms. The number of amides is 1. The average Bonchev–Trinajstić information content (AvgIpc) is 3.49. The molecule has 5 rings (SSSR count). The number of carbonyl (C=O) groups is 1. The van der Waals surface area contributed by atoms with Gasteiger partial charge in [-0.1, -0.05) is 54.6 Å². The van der Waals surface area contributed by atoms with E-state index in [0.29, 0.717) is 24.4 Å². The Balaban J connectivity index is 1.10. The molecule has 2 saturated heterocycles. The van der Waals surface area contributed by atoms with Crippen LogP contribution >= 0.6 is 0 Å². The average molecular weight is 447 g/mol. The summed E-state index contributed by atoms with van der Waals surface area (Å²) in [7, 11) is 0. The zero-order chi connectivity index (χ0) is 22.6. The first-order valence-electron chi connectivity index (χ1n) is 12.8. The van der Waals surface area contributed by atoms with Crippen LogP contribution in [0.2, 0.25) is 0 Å². The van der Waals surface area contributed by atoms with Gasteiger partial charge in [-0.2, -0.15) is 0 Å². The SMILES string of the molecule is NC[C@H](Cc1ccc(C2CCN(Cc3ccccc3)CC2)cc1)NC(=O)C1NC2CCC1C2. The first-order valence-corrected chi connectivity index (χ1v) is 12.8. The molecule has 5 heteroatoms. The van der Waals surface area contributed by atoms with Gasteiger partial charge in [0.1, 0.15) is 0 Å². The van der Waals surface area contributed by atoms with E-state index >= 15 is 0 Å². The van der Waals surface area contributed by atoms with Crippen molar-refractivity contribution in [2.45, 2.75) is 69.1 Å². The van der Waals surface area contributed by atoms with E-state index in [0.717, 1.165) is 32.5 Å². The largest absolute Gasteiger partial charge is 0.350 e. The topological polar surface area (TPSA) is 70.4 Å². The number of hydrogen-bond donors (Lipinski definition) is 3. The minimum Gasteiger partial charge on any atom is -0.350 e. The highest BCUT2D eigenvalue weighted by atomic mass is 16.2. The highest BCUT2D eigenvalue weighted by Crippen LogP contribution is 2.35. The molecule has 2 bridgehead atoms. The lowest BCUT2D eigenvalue weighted by molar-refractivity contribution is -0.124. The third-order valence-electron chi connectivity index (χ3n) is 8.04. The van der Waals surface area contributed by atoms with E-state index in [1.54, 1.807) is 0 Å². The van der Waals surface area contributed by atoms with Gasteiger partial charge in [0, 0.05) is 25.2 Å². The summed E-state index contributed by atoms with van der Waals surface area (Å²) in [6.07, 6.45) is 6.76. The van der Waals surface area contributed by atoms with E-state index in [9.17, 15) is 4.79 Å². The normalized spacial score (nSPS) is 26.4. The number of likely N-dealkylation sites (tertiary alicyclic amines) is 1. The zero-order valence-corrected chi connectivity index (χ0v) is 19.6. The lowest BCUT2D eigenvalue weighted by Gasteiger charge is -2.32. The Morgan fingerprint density at radius 3 is 2.39 bits per heavy atom. The molecule has 0 aromatic heterocycles. The summed E-state index contributed by atoms with van der Waals surface area (Å²) < 4.78 is 0. The number of hydrogen-bond acceptors (Lipinski definition) is 4. The molecule has 1 amide bonds. The maximum absolute atomic E-state index is 12.8. The maximum Gasteiger partial charge on any atom is 0.237 e. The van der Waals surface area contributed by atoms with Crippen molar-refractivity contribution in [3.8, 4) is 0 Å². The highest BCUT2D eigenvalue weighted by Gasteiger charge is 2.42. The molecule has 3 aliphatic rings. The minimum absolute atomic E-state index is 0.00879. The second kappa shape index (κ2) is 10.4. The van der Waals surface area contributed by atoms with Gasteiger partial charge >= 0.3 is 0 Å². The van der Waals surface area contributed by atoms with Crippen LogP contribution in [0.1, 0.15) is 54.7 Å². The Hall–Kier alpha value is -2.21. The predicted octanol–water partition coefficient (Wildman–Crippen LogP) is 3.19. The minimum atomic E-state index is -0.0204. The third-order valence-corrected chi connectivity index (χ3v) is 8.04. The van der Waals surface area contributed by atoms with E-state index in [1.165, 1.54) is 42.4 Å². The molecular formula is C28H38N4O. The quantitative estimate of drug-likeness (QED) is 0.582. The fourth-order valence-corrected chi connectivity index (χ4v) is 6.11. The molecule has 2 heterocycles. The lowest BCUT2D eigenvalue weighted by atomic mass is 9.88. The molecule has 5 nitrogen and oxygen atoms in total. The second-order valence-electron chi connectivity index (χ2n) is 10.3. The molecule has 4 N–H and O–H groups in total. The van der Waals surface area contributed by atoms with Crippen LogP contribution in [0.3, 0.4) is 0 Å². The molecule has 176 valence electrons. The van der Waals surface area contributed by atoms with E-state index in [4.69, 9.17) is 5.73 Å². The van der Waals surface area contributed by atoms with Crippen LogP contribution in [0.4, 0.5) is 0 Å². The van der Waals surface area contributed by atoms with Crippen LogP contribution in [-0.4, -0.2) is 48.6 Å². The molecule has 3 unspecified atom stereocenters. The summed E-state index contributed by atoms with van der Waals surface area (Å²) in [5, 5.41) is 6.70. The number of piperidine rings is 2. The van der Waals surface area contributed by atoms with Crippen LogP contribution in [-0.2, 0) is 17.8 Å². The fraction of sp³-hybridized carbons (Fsp3) is 0.536. The van der Waals surface area contributed by atoms with Crippen LogP contribution in [0, 0.1) is 5.92 Å². The molecule has 0 radical (unpaired) electrons. The van der Waals surface area contributed by atoms with Gasteiger partial charge < -0.3 is 16.4 Å². The summed E-state index contributed by atoms with van der Waals surface area (Å²) in [5.74, 6) is 1.28. The molecule has 2 aromatic carbocycles. The lowest BCUT2D eigenvalue weighted by Crippen LogP contribution is -2.52. The van der Waals surface area contributed by atoms with E-state index in [-0.39, 0.29) is 18.0 Å². The Kier molecular flexibility index (Phi) is 7.10. The fourth-order valence-electron chi connectivity index (χ4n) is 6.11. The Bertz CT molecular complexity index is 907. The molecule has 1 aliphatic carbocycles. The number of nitrogens with one attached hydrogen (secondary N) is 2. The number of nitrogens with zero attached hydrogens (tertiary/aromatic N) is 1. The standard InChI is InChI=1S/C28H38N4O/c29-18-26(31-28(33)27-24-10-11-25(17-24)30-27)16-20-6-8-22(9-7-20)23-12-14-32(15-13-23)19-21-4-2-1-3-5-21/h1-9,23-27,30H,10-19,29H2,(H,31,33)/t24?,25?,26-,27?/m0/s1. The first kappa shape index (κ1) is 22.6. The molecule has 1 saturated carbocycles. The maximum atomic E-state index is 12.8. The van der Waals surface area contributed by atoms with E-state index in [1.807, 2.05) is 0 Å². The zero-order valence-electron chi connectivity index (χ0n) is 19.6. The van der Waals surface area contributed by atoms with Crippen molar-refractivity contribution in [3.63, 3.8) is 0 Å². The van der Waals surface area contributed by atoms with Gasteiger partial charge in [0.2, 0.25) is 5.91 Å². The monoisotopic (exact) mass is 446 g/mol. The number of carbonyl (C=O) groups excluding carboxylic acids is 1. The van der Waals surface area contributed by atoms with Gasteiger partial charge in [0.25, 0.3) is 0 Å². The number of fused-ring (bicyclic) bond motifs is 2. The molecule has 2 aliphatic heterocycles. The number of nitrogens with two attached hydrogens (primary N) is 1. The highest BCUT2D eigenvalue weighted by molar-refractivity contribution is 5.83. The van der Waals surface area contributed by atoms with Gasteiger partial charge in [-0.15, -0.1) is 0 Å². The van der Waals surface area contributed by atoms with Crippen LogP contribution in [0.25, 0.3) is 0 Å². The third kappa shape index (κ3) is 5.48. The van der Waals surface area contributed by atoms with Crippen LogP contribution in [0.15, 0.2) is 54.6 Å². The summed E-state index contributed by atoms with van der Waals surface area (Å²) in [4.78, 5) is 15.3. The smallest absolute Gasteiger partial charge is 0.237 e. The predicted molar refractivity (Wildman–Crippen MR) is 133 cm³/mol. The van der Waals surface area contributed by atoms with Crippen molar-refractivity contribution < 1.29 is 4.79 Å². The second-order valence-corrected chi connectivity index (χ2v) is 10.3. The summed E-state index contributed by atoms with van der Waals surface area (Å²) >= 11 is 0. The summed E-state index contributed by atoms with van der Waals surface area (Å²) in [5.41, 5.74) is 10.1. The van der Waals surface area contributed by atoms with Crippen LogP contribution in [0.5, 0.6) is 0 Å². The van der Waals surface area contributed by atoms with Crippen molar-refractivity contribution in [1.82, 2.24) is 15.5 Å². The van der Waals surface area contributed by atoms with E-state index in [2.05, 4.69) is 70.1 Å². The molecule has 0 spiro atoms. The van der Waals surface area contributed by atoms with Crippen molar-refractivity contribution in [3.05, 3.63) is 71.3 Å². The van der Waals surface area contributed by atoms with Crippen LogP contribution < -0.4 is 16.4 Å². The Labute approximate surface area is 198 Å². The number of rotatable bonds is 8. The summed E-state index contributed by atoms with van der Waals surface area (Å²) in [6.45, 7) is 3.82. The molecular weight excluding hydrogens is 408 g/mol. The van der Waals surface area contributed by atoms with Gasteiger partial charge in [-0.25, -0.2) is 0 Å². The van der Waals surface area contributed by atoms with E-state index < -0.39 is 0 Å². The number of benzene rings is 2. The molecule has 3 fully saturated rings. The van der Waals surface area contributed by atoms with Crippen molar-refractivity contribution in [2.75, 3.05) is 19.6 Å². The van der Waals surface area contributed by atoms with Crippen molar-refractivity contribution >= 4 is 5.91 Å². The first-order chi connectivity index (χ1) is 16.2. The summed E-state index contributed by atoms with van der Waals surface area (Å²) in [6, 6.07) is 20.3. The van der Waals surface area contributed by atoms with Gasteiger partial charge in [0.15, 0.2) is 0 Å². The van der Waals surface area contributed by atoms with Crippen molar-refractivity contribution in [2.24, 2.45) is 11.7 Å². The molecule has 4 atom stereocenters. The van der Waals surface area contributed by atoms with Gasteiger partial charge in [-0.3, -0.25) is 9.69 Å². The Morgan fingerprint density at radius 2 is 1.76 bits per heavy atom. The molecule has 2 aromatic rings. The Morgan fingerprint density at radius 1 is 1.00 bits per heavy atom. The van der Waals surface area contributed by atoms with Crippen molar-refractivity contribution in [1.29, 1.82) is 0 Å². The van der Waals surface area contributed by atoms with Gasteiger partial charge in [0.05, 0.1) is 6.04 Å².